The molecule has 7 nitrogen and oxygen atoms in total. The van der Waals surface area contributed by atoms with Crippen LogP contribution >= 0.6 is 11.6 Å². The molecule has 36 heavy (non-hydrogen) atoms. The number of benzene rings is 2. The fourth-order valence-corrected chi connectivity index (χ4v) is 5.87. The summed E-state index contributed by atoms with van der Waals surface area (Å²) in [5, 5.41) is 10.7. The van der Waals surface area contributed by atoms with E-state index in [1.165, 1.54) is 0 Å². The average Bonchev–Trinajstić information content (AvgIpc) is 3.54. The molecule has 2 aromatic carbocycles. The zero-order valence-electron chi connectivity index (χ0n) is 20.2. The number of nitrogens with zero attached hydrogens (tertiary/aromatic N) is 2. The lowest BCUT2D eigenvalue weighted by atomic mass is 9.86. The molecule has 0 radical (unpaired) electrons. The quantitative estimate of drug-likeness (QED) is 0.539. The highest BCUT2D eigenvalue weighted by atomic mass is 35.5. The van der Waals surface area contributed by atoms with Gasteiger partial charge in [-0.2, -0.15) is 0 Å². The fourth-order valence-electron chi connectivity index (χ4n) is 5.71. The Hall–Kier alpha value is -3.16. The van der Waals surface area contributed by atoms with Gasteiger partial charge in [0, 0.05) is 48.8 Å². The number of aromatic nitrogens is 1. The first-order valence-corrected chi connectivity index (χ1v) is 12.8. The number of ether oxygens (including phenoxy) is 3. The summed E-state index contributed by atoms with van der Waals surface area (Å²) in [6.07, 6.45) is 5.17. The summed E-state index contributed by atoms with van der Waals surface area (Å²) in [6.45, 7) is 1.13. The number of rotatable bonds is 4. The maximum atomic E-state index is 13.4. The summed E-state index contributed by atoms with van der Waals surface area (Å²) in [5.41, 5.74) is 2.12. The predicted molar refractivity (Wildman–Crippen MR) is 135 cm³/mol. The van der Waals surface area contributed by atoms with E-state index in [2.05, 4.69) is 10.6 Å². The van der Waals surface area contributed by atoms with Gasteiger partial charge in [0.05, 0.1) is 24.6 Å². The number of carbonyl (C=O) groups excluding carboxylic acids is 1. The first-order valence-electron chi connectivity index (χ1n) is 12.5. The summed E-state index contributed by atoms with van der Waals surface area (Å²) in [7, 11) is 1.56. The monoisotopic (exact) mass is 508 g/mol. The normalized spacial score (nSPS) is 22.0. The Bertz CT molecular complexity index is 1300. The molecule has 2 aliphatic heterocycles. The number of halogens is 1. The van der Waals surface area contributed by atoms with E-state index in [0.29, 0.717) is 48.0 Å². The molecule has 0 unspecified atom stereocenters. The van der Waals surface area contributed by atoms with Crippen LogP contribution in [0.25, 0.3) is 5.69 Å². The number of hydrogen-bond donors (Lipinski definition) is 1. The first-order chi connectivity index (χ1) is 17.5. The molecular formula is C28H29ClN2O5. The number of amides is 1. The summed E-state index contributed by atoms with van der Waals surface area (Å²) >= 11 is 6.25. The third-order valence-corrected chi connectivity index (χ3v) is 7.90. The predicted octanol–water partition coefficient (Wildman–Crippen LogP) is 4.96. The van der Waals surface area contributed by atoms with Crippen molar-refractivity contribution in [2.24, 2.45) is 0 Å². The summed E-state index contributed by atoms with van der Waals surface area (Å²) in [4.78, 5) is 15.3. The van der Waals surface area contributed by atoms with Crippen molar-refractivity contribution >= 4 is 17.5 Å². The molecule has 1 amide bonds. The van der Waals surface area contributed by atoms with Crippen molar-refractivity contribution in [3.63, 3.8) is 0 Å². The number of fused-ring (bicyclic) bond motifs is 4. The van der Waals surface area contributed by atoms with E-state index in [9.17, 15) is 9.90 Å². The second-order valence-corrected chi connectivity index (χ2v) is 10.2. The fraction of sp³-hybridized carbons (Fsp3) is 0.393. The molecule has 3 heterocycles. The molecule has 3 aromatic rings. The average molecular weight is 509 g/mol. The number of aliphatic hydroxyl groups excluding tert-OH is 1. The Morgan fingerprint density at radius 1 is 1.11 bits per heavy atom. The van der Waals surface area contributed by atoms with Crippen molar-refractivity contribution in [3.8, 4) is 22.9 Å². The van der Waals surface area contributed by atoms with Crippen LogP contribution in [-0.4, -0.2) is 52.9 Å². The number of piperidine rings is 1. The van der Waals surface area contributed by atoms with Crippen LogP contribution in [0.5, 0.6) is 17.2 Å². The van der Waals surface area contributed by atoms with Gasteiger partial charge >= 0.3 is 0 Å². The van der Waals surface area contributed by atoms with Crippen LogP contribution < -0.4 is 14.2 Å². The molecule has 1 saturated heterocycles. The molecule has 2 atom stereocenters. The molecular weight excluding hydrogens is 480 g/mol. The molecule has 1 aromatic heterocycles. The van der Waals surface area contributed by atoms with Crippen molar-refractivity contribution in [2.45, 2.75) is 49.9 Å². The zero-order valence-corrected chi connectivity index (χ0v) is 20.9. The van der Waals surface area contributed by atoms with E-state index in [1.807, 2.05) is 35.4 Å². The lowest BCUT2D eigenvalue weighted by molar-refractivity contribution is -0.00931. The van der Waals surface area contributed by atoms with Crippen LogP contribution in [0.3, 0.4) is 0 Å². The number of likely N-dealkylation sites (tertiary alicyclic amines) is 1. The molecule has 1 N–H and O–H groups in total. The van der Waals surface area contributed by atoms with Crippen LogP contribution in [-0.2, 0) is 5.60 Å². The van der Waals surface area contributed by atoms with Crippen molar-refractivity contribution in [1.29, 1.82) is 0 Å². The van der Waals surface area contributed by atoms with Gasteiger partial charge in [0.15, 0.2) is 17.1 Å². The smallest absolute Gasteiger partial charge is 0.253 e. The largest absolute Gasteiger partial charge is 0.493 e. The molecule has 2 fully saturated rings. The highest BCUT2D eigenvalue weighted by Gasteiger charge is 2.44. The zero-order chi connectivity index (χ0) is 24.9. The summed E-state index contributed by atoms with van der Waals surface area (Å²) in [5.74, 6) is 1.76. The number of carbonyl (C=O) groups is 1. The van der Waals surface area contributed by atoms with Gasteiger partial charge in [-0.15, -0.1) is 0 Å². The van der Waals surface area contributed by atoms with Gasteiger partial charge in [0.1, 0.15) is 11.9 Å². The second-order valence-electron chi connectivity index (χ2n) is 9.78. The van der Waals surface area contributed by atoms with Crippen LogP contribution in [0, 0.1) is 0 Å². The topological polar surface area (TPSA) is 73.2 Å². The van der Waals surface area contributed by atoms with E-state index in [4.69, 9.17) is 25.8 Å². The van der Waals surface area contributed by atoms with Gasteiger partial charge in [-0.1, -0.05) is 11.6 Å². The molecule has 8 heteroatoms. The summed E-state index contributed by atoms with van der Waals surface area (Å²) in [6, 6.07) is 15.1. The van der Waals surface area contributed by atoms with Gasteiger partial charge in [-0.3, -0.25) is 4.79 Å². The van der Waals surface area contributed by atoms with Crippen LogP contribution in [0.15, 0.2) is 54.7 Å². The van der Waals surface area contributed by atoms with Gasteiger partial charge in [0.25, 0.3) is 5.91 Å². The van der Waals surface area contributed by atoms with Gasteiger partial charge in [-0.05, 0) is 61.7 Å². The Morgan fingerprint density at radius 3 is 2.69 bits per heavy atom. The van der Waals surface area contributed by atoms with Crippen LogP contribution in [0.2, 0.25) is 5.02 Å². The number of methoxy groups -OCH3 is 1. The minimum Gasteiger partial charge on any atom is -0.493 e. The Kier molecular flexibility index (Phi) is 5.85. The van der Waals surface area contributed by atoms with E-state index >= 15 is 0 Å². The van der Waals surface area contributed by atoms with Crippen molar-refractivity contribution in [2.75, 3.05) is 20.2 Å². The molecule has 1 saturated carbocycles. The minimum absolute atomic E-state index is 0.0507. The standard InChI is InChI=1S/C28H29ClN2O5/c1-34-25-16-18(7-10-23(25)35-22-5-2-4-21(22)32)27(33)30-14-11-28(12-15-30)26-6-3-13-31(26)20-9-8-19(29)17-24(20)36-28/h3,6-10,13,16-17,21-22,32H,2,4-5,11-12,14-15H2,1H3/t21-,22-/m1/s1. The van der Waals surface area contributed by atoms with Gasteiger partial charge in [0.2, 0.25) is 0 Å². The third-order valence-electron chi connectivity index (χ3n) is 7.67. The van der Waals surface area contributed by atoms with Gasteiger partial charge in [-0.25, -0.2) is 0 Å². The first kappa shape index (κ1) is 23.3. The number of hydrogen-bond acceptors (Lipinski definition) is 5. The lowest BCUT2D eigenvalue weighted by Crippen LogP contribution is -2.50. The second kappa shape index (κ2) is 9.05. The molecule has 188 valence electrons. The molecule has 6 rings (SSSR count). The van der Waals surface area contributed by atoms with Crippen molar-refractivity contribution < 1.29 is 24.1 Å². The van der Waals surface area contributed by atoms with Crippen molar-refractivity contribution in [3.05, 3.63) is 71.0 Å². The van der Waals surface area contributed by atoms with Crippen LogP contribution in [0.4, 0.5) is 0 Å². The minimum atomic E-state index is -0.504. The Balaban J connectivity index is 1.19. The molecule has 1 spiro atoms. The maximum absolute atomic E-state index is 13.4. The molecule has 3 aliphatic rings. The molecule has 0 bridgehead atoms. The van der Waals surface area contributed by atoms with E-state index in [0.717, 1.165) is 36.4 Å². The third kappa shape index (κ3) is 3.91. The summed E-state index contributed by atoms with van der Waals surface area (Å²) < 4.78 is 20.3. The lowest BCUT2D eigenvalue weighted by Gasteiger charge is -2.45. The van der Waals surface area contributed by atoms with Crippen LogP contribution in [0.1, 0.15) is 48.2 Å². The van der Waals surface area contributed by atoms with E-state index in [1.54, 1.807) is 25.3 Å². The number of aliphatic hydroxyl groups is 1. The van der Waals surface area contributed by atoms with Gasteiger partial charge < -0.3 is 28.8 Å². The van der Waals surface area contributed by atoms with E-state index in [-0.39, 0.29) is 12.0 Å². The highest BCUT2D eigenvalue weighted by Crippen LogP contribution is 2.46. The Labute approximate surface area is 215 Å². The SMILES string of the molecule is COc1cc(C(=O)N2CCC3(CC2)Oc2cc(Cl)ccc2-n2cccc23)ccc1O[C@@H]1CCC[C@H]1O. The van der Waals surface area contributed by atoms with E-state index < -0.39 is 11.7 Å². The molecule has 1 aliphatic carbocycles. The highest BCUT2D eigenvalue weighted by molar-refractivity contribution is 6.30. The van der Waals surface area contributed by atoms with Crippen molar-refractivity contribution in [1.82, 2.24) is 9.47 Å². The maximum Gasteiger partial charge on any atom is 0.253 e. The Morgan fingerprint density at radius 2 is 1.94 bits per heavy atom.